The summed E-state index contributed by atoms with van der Waals surface area (Å²) in [6.45, 7) is 0. The number of aliphatic carboxylic acids is 2. The molecule has 2 N–H and O–H groups in total. The van der Waals surface area contributed by atoms with Crippen molar-refractivity contribution in [2.45, 2.75) is 44.2 Å². The van der Waals surface area contributed by atoms with Crippen molar-refractivity contribution in [2.75, 3.05) is 0 Å². The number of halogens is 1. The molecule has 0 aromatic carbocycles. The fourth-order valence-electron chi connectivity index (χ4n) is 2.06. The predicted octanol–water partition coefficient (Wildman–Crippen LogP) is 1.83. The Morgan fingerprint density at radius 1 is 1.13 bits per heavy atom. The summed E-state index contributed by atoms with van der Waals surface area (Å²) in [6, 6.07) is 0. The highest BCUT2D eigenvalue weighted by Crippen LogP contribution is 2.32. The molecule has 1 saturated carbocycles. The maximum Gasteiger partial charge on any atom is 0.353 e. The third-order valence-corrected chi connectivity index (χ3v) is 2.97. The lowest BCUT2D eigenvalue weighted by atomic mass is 9.81. The highest BCUT2D eigenvalue weighted by Gasteiger charge is 2.48. The molecule has 0 amide bonds. The number of carboxylic acids is 2. The van der Waals surface area contributed by atoms with Gasteiger partial charge in [-0.1, -0.05) is 32.1 Å². The molecular weight excluding hydrogens is 203 g/mol. The molecule has 0 atom stereocenters. The quantitative estimate of drug-likeness (QED) is 0.706. The van der Waals surface area contributed by atoms with E-state index in [0.29, 0.717) is 0 Å². The van der Waals surface area contributed by atoms with E-state index in [1.165, 1.54) is 0 Å². The Morgan fingerprint density at radius 2 is 1.60 bits per heavy atom. The van der Waals surface area contributed by atoms with Crippen LogP contribution in [0.15, 0.2) is 0 Å². The van der Waals surface area contributed by atoms with Gasteiger partial charge in [-0.05, 0) is 5.92 Å². The summed E-state index contributed by atoms with van der Waals surface area (Å²) in [6.07, 6.45) is 3.98. The standard InChI is InChI=1S/C10H15FO4/c11-10(8(12)13,9(14)15)6-7-4-2-1-3-5-7/h7H,1-6H2,(H,12,13)(H,14,15). The molecule has 5 heteroatoms. The van der Waals surface area contributed by atoms with Gasteiger partial charge in [-0.15, -0.1) is 0 Å². The molecule has 1 aliphatic carbocycles. The van der Waals surface area contributed by atoms with Gasteiger partial charge in [-0.25, -0.2) is 14.0 Å². The third-order valence-electron chi connectivity index (χ3n) is 2.97. The molecular formula is C10H15FO4. The minimum Gasteiger partial charge on any atom is -0.478 e. The topological polar surface area (TPSA) is 74.6 Å². The van der Waals surface area contributed by atoms with E-state index >= 15 is 0 Å². The Bertz CT molecular complexity index is 244. The van der Waals surface area contributed by atoms with E-state index in [-0.39, 0.29) is 5.92 Å². The van der Waals surface area contributed by atoms with Gasteiger partial charge in [0.05, 0.1) is 0 Å². The number of carboxylic acid groups (broad SMARTS) is 2. The highest BCUT2D eigenvalue weighted by molar-refractivity contribution is 6.01. The zero-order valence-electron chi connectivity index (χ0n) is 8.41. The Hall–Kier alpha value is -1.13. The second-order valence-electron chi connectivity index (χ2n) is 4.12. The van der Waals surface area contributed by atoms with Gasteiger partial charge in [0.25, 0.3) is 0 Å². The first-order chi connectivity index (χ1) is 6.97. The van der Waals surface area contributed by atoms with Crippen molar-refractivity contribution in [3.8, 4) is 0 Å². The highest BCUT2D eigenvalue weighted by atomic mass is 19.1. The average molecular weight is 218 g/mol. The first kappa shape index (κ1) is 11.9. The fourth-order valence-corrected chi connectivity index (χ4v) is 2.06. The maximum atomic E-state index is 13.6. The molecule has 0 saturated heterocycles. The number of hydrogen-bond donors (Lipinski definition) is 2. The number of carbonyl (C=O) groups is 2. The normalized spacial score (nSPS) is 18.7. The van der Waals surface area contributed by atoms with Crippen molar-refractivity contribution in [3.05, 3.63) is 0 Å². The van der Waals surface area contributed by atoms with Crippen molar-refractivity contribution in [1.82, 2.24) is 0 Å². The van der Waals surface area contributed by atoms with E-state index in [9.17, 15) is 14.0 Å². The molecule has 0 bridgehead atoms. The van der Waals surface area contributed by atoms with E-state index in [0.717, 1.165) is 32.1 Å². The van der Waals surface area contributed by atoms with Crippen molar-refractivity contribution in [3.63, 3.8) is 0 Å². The molecule has 0 unspecified atom stereocenters. The zero-order chi connectivity index (χ0) is 11.5. The summed E-state index contributed by atoms with van der Waals surface area (Å²) in [4.78, 5) is 21.2. The van der Waals surface area contributed by atoms with Gasteiger partial charge in [-0.3, -0.25) is 0 Å². The van der Waals surface area contributed by atoms with Crippen molar-refractivity contribution >= 4 is 11.9 Å². The molecule has 0 aliphatic heterocycles. The summed E-state index contributed by atoms with van der Waals surface area (Å²) < 4.78 is 13.6. The first-order valence-electron chi connectivity index (χ1n) is 5.12. The van der Waals surface area contributed by atoms with Gasteiger partial charge in [0.1, 0.15) is 0 Å². The van der Waals surface area contributed by atoms with Crippen LogP contribution in [0.25, 0.3) is 0 Å². The van der Waals surface area contributed by atoms with Crippen molar-refractivity contribution in [1.29, 1.82) is 0 Å². The van der Waals surface area contributed by atoms with Crippen LogP contribution in [0.1, 0.15) is 38.5 Å². The molecule has 4 nitrogen and oxygen atoms in total. The third kappa shape index (κ3) is 2.67. The molecule has 1 aliphatic rings. The van der Waals surface area contributed by atoms with E-state index in [4.69, 9.17) is 10.2 Å². The molecule has 0 spiro atoms. The molecule has 0 aromatic heterocycles. The van der Waals surface area contributed by atoms with Crippen LogP contribution in [0.3, 0.4) is 0 Å². The zero-order valence-corrected chi connectivity index (χ0v) is 8.41. The van der Waals surface area contributed by atoms with Gasteiger partial charge >= 0.3 is 17.6 Å². The van der Waals surface area contributed by atoms with Gasteiger partial charge < -0.3 is 10.2 Å². The fraction of sp³-hybridized carbons (Fsp3) is 0.800. The number of rotatable bonds is 4. The molecule has 0 heterocycles. The smallest absolute Gasteiger partial charge is 0.353 e. The van der Waals surface area contributed by atoms with E-state index in [1.807, 2.05) is 0 Å². The largest absolute Gasteiger partial charge is 0.478 e. The van der Waals surface area contributed by atoms with Gasteiger partial charge in [0.15, 0.2) is 0 Å². The number of alkyl halides is 1. The van der Waals surface area contributed by atoms with E-state index in [1.54, 1.807) is 0 Å². The Morgan fingerprint density at radius 3 is 2.00 bits per heavy atom. The van der Waals surface area contributed by atoms with Gasteiger partial charge in [0, 0.05) is 6.42 Å². The second-order valence-corrected chi connectivity index (χ2v) is 4.12. The monoisotopic (exact) mass is 218 g/mol. The number of hydrogen-bond acceptors (Lipinski definition) is 2. The molecule has 1 rings (SSSR count). The predicted molar refractivity (Wildman–Crippen MR) is 50.3 cm³/mol. The van der Waals surface area contributed by atoms with Crippen LogP contribution in [-0.4, -0.2) is 27.8 Å². The molecule has 0 aromatic rings. The average Bonchev–Trinajstić information content (AvgIpc) is 2.18. The Kier molecular flexibility index (Phi) is 3.66. The van der Waals surface area contributed by atoms with Crippen LogP contribution in [-0.2, 0) is 9.59 Å². The molecule has 1 fully saturated rings. The SMILES string of the molecule is O=C(O)C(F)(CC1CCCCC1)C(=O)O. The molecule has 15 heavy (non-hydrogen) atoms. The summed E-state index contributed by atoms with van der Waals surface area (Å²) in [5.74, 6) is -3.89. The van der Waals surface area contributed by atoms with Crippen molar-refractivity contribution in [2.24, 2.45) is 5.92 Å². The Balaban J connectivity index is 2.65. The molecule has 0 radical (unpaired) electrons. The minimum atomic E-state index is -3.11. The minimum absolute atomic E-state index is 0.115. The maximum absolute atomic E-state index is 13.6. The van der Waals surface area contributed by atoms with Crippen LogP contribution < -0.4 is 0 Å². The summed E-state index contributed by atoms with van der Waals surface area (Å²) >= 11 is 0. The van der Waals surface area contributed by atoms with Crippen molar-refractivity contribution < 1.29 is 24.2 Å². The van der Waals surface area contributed by atoms with E-state index in [2.05, 4.69) is 0 Å². The van der Waals surface area contributed by atoms with Gasteiger partial charge in [0.2, 0.25) is 0 Å². The van der Waals surface area contributed by atoms with Gasteiger partial charge in [-0.2, -0.15) is 0 Å². The second kappa shape index (κ2) is 4.59. The van der Waals surface area contributed by atoms with Crippen LogP contribution in [0.2, 0.25) is 0 Å². The van der Waals surface area contributed by atoms with Crippen LogP contribution in [0.5, 0.6) is 0 Å². The Labute approximate surface area is 87.1 Å². The summed E-state index contributed by atoms with van der Waals surface area (Å²) in [5, 5.41) is 17.2. The lowest BCUT2D eigenvalue weighted by molar-refractivity contribution is -0.168. The summed E-state index contributed by atoms with van der Waals surface area (Å²) in [7, 11) is 0. The van der Waals surface area contributed by atoms with Crippen LogP contribution >= 0.6 is 0 Å². The molecule has 86 valence electrons. The lowest BCUT2D eigenvalue weighted by Gasteiger charge is -2.25. The first-order valence-corrected chi connectivity index (χ1v) is 5.12. The summed E-state index contributed by atoms with van der Waals surface area (Å²) in [5.41, 5.74) is -3.11. The van der Waals surface area contributed by atoms with E-state index < -0.39 is 24.0 Å². The van der Waals surface area contributed by atoms with Crippen LogP contribution in [0.4, 0.5) is 4.39 Å². The van der Waals surface area contributed by atoms with Crippen LogP contribution in [0, 0.1) is 5.92 Å². The lowest BCUT2D eigenvalue weighted by Crippen LogP contribution is -2.44.